The number of benzene rings is 8. The van der Waals surface area contributed by atoms with Crippen LogP contribution in [0.1, 0.15) is 16.7 Å². The molecule has 0 saturated heterocycles. The summed E-state index contributed by atoms with van der Waals surface area (Å²) in [6.45, 7) is 8.97. The van der Waals surface area contributed by atoms with Gasteiger partial charge in [0.1, 0.15) is 0 Å². The van der Waals surface area contributed by atoms with E-state index in [1.807, 2.05) is 24.3 Å². The van der Waals surface area contributed by atoms with Crippen molar-refractivity contribution in [3.05, 3.63) is 211 Å². The van der Waals surface area contributed by atoms with E-state index in [4.69, 9.17) is 9.98 Å². The first-order valence-corrected chi connectivity index (χ1v) is 20.1. The Kier molecular flexibility index (Phi) is 9.56. The first-order chi connectivity index (χ1) is 29.7. The van der Waals surface area contributed by atoms with Crippen LogP contribution in [0.5, 0.6) is 0 Å². The summed E-state index contributed by atoms with van der Waals surface area (Å²) in [5, 5.41) is 2.27. The normalized spacial score (nSPS) is 12.6. The molecule has 1 aromatic heterocycles. The van der Waals surface area contributed by atoms with E-state index < -0.39 is 0 Å². The van der Waals surface area contributed by atoms with Gasteiger partial charge in [0, 0.05) is 34.1 Å². The Morgan fingerprint density at radius 1 is 0.533 bits per heavy atom. The van der Waals surface area contributed by atoms with E-state index in [0.717, 1.165) is 72.2 Å². The van der Waals surface area contributed by atoms with Crippen LogP contribution in [0.3, 0.4) is 0 Å². The van der Waals surface area contributed by atoms with Gasteiger partial charge in [-0.15, -0.1) is 0 Å². The van der Waals surface area contributed by atoms with E-state index >= 15 is 0 Å². The summed E-state index contributed by atoms with van der Waals surface area (Å²) < 4.78 is 2.19. The minimum absolute atomic E-state index is 0.415. The van der Waals surface area contributed by atoms with Crippen LogP contribution >= 0.6 is 0 Å². The fraction of sp³-hybridized carbons (Fsp3) is 0.0370. The van der Waals surface area contributed by atoms with Crippen LogP contribution in [0.4, 0.5) is 17.1 Å². The van der Waals surface area contributed by atoms with Crippen LogP contribution in [-0.4, -0.2) is 29.8 Å². The molecule has 0 N–H and O–H groups in total. The van der Waals surface area contributed by atoms with Gasteiger partial charge in [-0.1, -0.05) is 164 Å². The first kappa shape index (κ1) is 36.4. The van der Waals surface area contributed by atoms with Crippen LogP contribution in [0.25, 0.3) is 55.2 Å². The predicted molar refractivity (Wildman–Crippen MR) is 253 cm³/mol. The summed E-state index contributed by atoms with van der Waals surface area (Å²) in [6, 6.07) is 67.6. The molecule has 0 aliphatic carbocycles. The number of hydrogen-bond donors (Lipinski definition) is 0. The molecule has 0 spiro atoms. The van der Waals surface area contributed by atoms with Crippen LogP contribution in [0.15, 0.2) is 214 Å². The van der Waals surface area contributed by atoms with Crippen molar-refractivity contribution in [3.63, 3.8) is 0 Å². The number of fused-ring (bicyclic) bond motifs is 7. The molecule has 6 heteroatoms. The van der Waals surface area contributed by atoms with Gasteiger partial charge in [-0.2, -0.15) is 4.99 Å². The molecule has 0 saturated carbocycles. The highest BCUT2D eigenvalue weighted by Crippen LogP contribution is 2.49. The molecule has 2 heterocycles. The number of amidine groups is 1. The molecule has 9 aromatic rings. The number of para-hydroxylation sites is 4. The second-order valence-electron chi connectivity index (χ2n) is 14.8. The largest absolute Gasteiger partial charge is 0.335 e. The Balaban J connectivity index is 1.14. The molecule has 0 amide bonds. The lowest BCUT2D eigenvalue weighted by atomic mass is 9.89. The maximum absolute atomic E-state index is 5.32. The molecule has 0 bridgehead atoms. The zero-order chi connectivity index (χ0) is 40.4. The van der Waals surface area contributed by atoms with Crippen molar-refractivity contribution in [2.75, 3.05) is 4.90 Å². The molecule has 1 aliphatic rings. The van der Waals surface area contributed by atoms with Gasteiger partial charge < -0.3 is 4.90 Å². The lowest BCUT2D eigenvalue weighted by molar-refractivity contribution is 0.963. The van der Waals surface area contributed by atoms with Crippen molar-refractivity contribution in [3.8, 4) is 33.4 Å². The first-order valence-electron chi connectivity index (χ1n) is 20.1. The van der Waals surface area contributed by atoms with Crippen molar-refractivity contribution in [1.82, 2.24) is 4.57 Å². The van der Waals surface area contributed by atoms with E-state index in [1.54, 1.807) is 0 Å². The fourth-order valence-electron chi connectivity index (χ4n) is 8.46. The Bertz CT molecular complexity index is 3110. The third-order valence-electron chi connectivity index (χ3n) is 11.3. The quantitative estimate of drug-likeness (QED) is 0.118. The van der Waals surface area contributed by atoms with Gasteiger partial charge in [-0.05, 0) is 82.7 Å². The molecule has 8 aromatic carbocycles. The van der Waals surface area contributed by atoms with Crippen molar-refractivity contribution >= 4 is 64.1 Å². The molecule has 0 fully saturated rings. The van der Waals surface area contributed by atoms with E-state index in [-0.39, 0.29) is 0 Å². The third-order valence-corrected chi connectivity index (χ3v) is 11.3. The average molecular weight is 773 g/mol. The molecule has 0 unspecified atom stereocenters. The standard InChI is InChI=1S/C54H40N6/c1-55-46-21-11-14-24-49(46)59-36-43-33-34-50-52(51(43)44-19-9-12-22-47(44)59)45-20-10-13-23-48(45)60(50)54(57-35-37-25-27-40(28-26-37)38-15-5-3-6-16-38)58-53(56-2)42-31-29-41(30-32-42)39-17-7-4-8-18-39/h3-34H,1-2,35-36H2/b57-54?,58-53-. The fourth-order valence-corrected chi connectivity index (χ4v) is 8.46. The van der Waals surface area contributed by atoms with Gasteiger partial charge in [-0.25, -0.2) is 9.98 Å². The van der Waals surface area contributed by atoms with E-state index in [1.165, 1.54) is 16.7 Å². The summed E-state index contributed by atoms with van der Waals surface area (Å²) in [7, 11) is 0. The van der Waals surface area contributed by atoms with Gasteiger partial charge in [0.15, 0.2) is 5.84 Å². The molecule has 0 atom stereocenters. The van der Waals surface area contributed by atoms with Crippen molar-refractivity contribution < 1.29 is 0 Å². The van der Waals surface area contributed by atoms with Gasteiger partial charge in [-0.3, -0.25) is 9.56 Å². The molecule has 60 heavy (non-hydrogen) atoms. The smallest absolute Gasteiger partial charge is 0.232 e. The number of rotatable bonds is 7. The zero-order valence-corrected chi connectivity index (χ0v) is 33.0. The van der Waals surface area contributed by atoms with Crippen LogP contribution in [0.2, 0.25) is 0 Å². The molecule has 1 aliphatic heterocycles. The Morgan fingerprint density at radius 2 is 1.13 bits per heavy atom. The Hall–Kier alpha value is -7.96. The average Bonchev–Trinajstić information content (AvgIpc) is 3.66. The summed E-state index contributed by atoms with van der Waals surface area (Å²) in [4.78, 5) is 21.9. The number of nitrogens with zero attached hydrogens (tertiary/aromatic N) is 6. The molecule has 10 rings (SSSR count). The van der Waals surface area contributed by atoms with Gasteiger partial charge in [0.05, 0.1) is 29.0 Å². The highest BCUT2D eigenvalue weighted by atomic mass is 15.2. The maximum atomic E-state index is 5.32. The van der Waals surface area contributed by atoms with Crippen molar-refractivity contribution in [1.29, 1.82) is 0 Å². The van der Waals surface area contributed by atoms with Crippen molar-refractivity contribution in [2.24, 2.45) is 20.0 Å². The number of aromatic nitrogens is 1. The van der Waals surface area contributed by atoms with Gasteiger partial charge >= 0.3 is 0 Å². The Morgan fingerprint density at radius 3 is 1.83 bits per heavy atom. The molecular formula is C54H40N6. The topological polar surface area (TPSA) is 57.6 Å². The van der Waals surface area contributed by atoms with E-state index in [2.05, 4.69) is 203 Å². The summed E-state index contributed by atoms with van der Waals surface area (Å²) in [6.07, 6.45) is 0. The van der Waals surface area contributed by atoms with Crippen molar-refractivity contribution in [2.45, 2.75) is 13.1 Å². The van der Waals surface area contributed by atoms with Crippen LogP contribution < -0.4 is 4.90 Å². The summed E-state index contributed by atoms with van der Waals surface area (Å²) in [5.41, 5.74) is 15.1. The van der Waals surface area contributed by atoms with Crippen LogP contribution in [-0.2, 0) is 13.1 Å². The SMILES string of the molecule is C=N/C(=N\C(=NCc1ccc(-c2ccccc2)cc1)n1c2ccccc2c2c3c(ccc21)CN(c1ccccc1N=C)c1ccccc1-3)c1ccc(-c2ccccc2)cc1. The third kappa shape index (κ3) is 6.60. The minimum Gasteiger partial charge on any atom is -0.335 e. The number of hydrogen-bond acceptors (Lipinski definition) is 3. The monoisotopic (exact) mass is 772 g/mol. The number of aliphatic imine (C=N–C) groups is 4. The predicted octanol–water partition coefficient (Wildman–Crippen LogP) is 13.3. The molecular weight excluding hydrogens is 733 g/mol. The lowest BCUT2D eigenvalue weighted by Crippen LogP contribution is -2.21. The summed E-state index contributed by atoms with van der Waals surface area (Å²) in [5.74, 6) is 1.02. The Labute approximate surface area is 349 Å². The van der Waals surface area contributed by atoms with Gasteiger partial charge in [0.2, 0.25) is 5.96 Å². The highest BCUT2D eigenvalue weighted by Gasteiger charge is 2.28. The second kappa shape index (κ2) is 15.8. The number of anilines is 2. The molecule has 6 nitrogen and oxygen atoms in total. The molecule has 0 radical (unpaired) electrons. The summed E-state index contributed by atoms with van der Waals surface area (Å²) >= 11 is 0. The molecule has 286 valence electrons. The van der Waals surface area contributed by atoms with E-state index in [0.29, 0.717) is 24.9 Å². The van der Waals surface area contributed by atoms with Crippen LogP contribution in [0, 0.1) is 0 Å². The maximum Gasteiger partial charge on any atom is 0.232 e. The highest BCUT2D eigenvalue weighted by molar-refractivity contribution is 6.22. The van der Waals surface area contributed by atoms with E-state index in [9.17, 15) is 0 Å². The van der Waals surface area contributed by atoms with Gasteiger partial charge in [0.25, 0.3) is 0 Å². The minimum atomic E-state index is 0.415. The zero-order valence-electron chi connectivity index (χ0n) is 33.0. The second-order valence-corrected chi connectivity index (χ2v) is 14.8. The lowest BCUT2D eigenvalue weighted by Gasteiger charge is -2.34.